The van der Waals surface area contributed by atoms with Gasteiger partial charge in [0.25, 0.3) is 0 Å². The highest BCUT2D eigenvalue weighted by Crippen LogP contribution is 2.35. The predicted octanol–water partition coefficient (Wildman–Crippen LogP) is 5.99. The minimum absolute atomic E-state index is 0.490. The Labute approximate surface area is 118 Å². The first kappa shape index (κ1) is 14.2. The molecule has 0 aliphatic carbocycles. The lowest BCUT2D eigenvalue weighted by Gasteiger charge is -2.10. The van der Waals surface area contributed by atoms with Crippen LogP contribution in [0.1, 0.15) is 11.1 Å². The standard InChI is InChI=1S/C14H9Cl2F3/c1-8-6-11(15)7-12(13(8)16)9-2-4-10(5-3-9)14(17,18)19/h2-7H,1H3. The van der Waals surface area contributed by atoms with Crippen molar-refractivity contribution in [3.05, 3.63) is 57.6 Å². The van der Waals surface area contributed by atoms with Crippen LogP contribution in [-0.2, 0) is 6.18 Å². The minimum Gasteiger partial charge on any atom is -0.166 e. The molecule has 19 heavy (non-hydrogen) atoms. The SMILES string of the molecule is Cc1cc(Cl)cc(-c2ccc(C(F)(F)F)cc2)c1Cl. The first-order chi connectivity index (χ1) is 8.79. The van der Waals surface area contributed by atoms with E-state index in [4.69, 9.17) is 23.2 Å². The van der Waals surface area contributed by atoms with Crippen LogP contribution in [0, 0.1) is 6.92 Å². The Balaban J connectivity index is 2.49. The molecule has 2 aromatic rings. The van der Waals surface area contributed by atoms with Gasteiger partial charge in [0, 0.05) is 10.6 Å². The average molecular weight is 305 g/mol. The molecule has 0 aromatic heterocycles. The van der Waals surface area contributed by atoms with Crippen LogP contribution in [0.25, 0.3) is 11.1 Å². The van der Waals surface area contributed by atoms with Gasteiger partial charge in [-0.05, 0) is 42.3 Å². The molecule has 0 N–H and O–H groups in total. The van der Waals surface area contributed by atoms with E-state index in [1.165, 1.54) is 12.1 Å². The summed E-state index contributed by atoms with van der Waals surface area (Å²) >= 11 is 12.1. The largest absolute Gasteiger partial charge is 0.416 e. The molecule has 5 heteroatoms. The lowest BCUT2D eigenvalue weighted by molar-refractivity contribution is -0.137. The molecule has 0 amide bonds. The van der Waals surface area contributed by atoms with Crippen molar-refractivity contribution in [2.45, 2.75) is 13.1 Å². The molecular formula is C14H9Cl2F3. The Morgan fingerprint density at radius 1 is 0.947 bits per heavy atom. The van der Waals surface area contributed by atoms with Crippen molar-refractivity contribution < 1.29 is 13.2 Å². The van der Waals surface area contributed by atoms with Crippen molar-refractivity contribution in [3.8, 4) is 11.1 Å². The van der Waals surface area contributed by atoms with Gasteiger partial charge < -0.3 is 0 Å². The zero-order chi connectivity index (χ0) is 14.2. The van der Waals surface area contributed by atoms with Gasteiger partial charge in [0.15, 0.2) is 0 Å². The maximum atomic E-state index is 12.5. The molecule has 0 nitrogen and oxygen atoms in total. The van der Waals surface area contributed by atoms with E-state index < -0.39 is 11.7 Å². The van der Waals surface area contributed by atoms with Crippen LogP contribution < -0.4 is 0 Å². The maximum Gasteiger partial charge on any atom is 0.416 e. The van der Waals surface area contributed by atoms with Crippen LogP contribution in [0.15, 0.2) is 36.4 Å². The van der Waals surface area contributed by atoms with E-state index in [9.17, 15) is 13.2 Å². The van der Waals surface area contributed by atoms with E-state index in [2.05, 4.69) is 0 Å². The average Bonchev–Trinajstić information content (AvgIpc) is 2.33. The van der Waals surface area contributed by atoms with Crippen molar-refractivity contribution >= 4 is 23.2 Å². The van der Waals surface area contributed by atoms with Gasteiger partial charge in [0.1, 0.15) is 0 Å². The van der Waals surface area contributed by atoms with Gasteiger partial charge in [-0.15, -0.1) is 0 Å². The molecule has 0 unspecified atom stereocenters. The fraction of sp³-hybridized carbons (Fsp3) is 0.143. The molecular weight excluding hydrogens is 296 g/mol. The third-order valence-corrected chi connectivity index (χ3v) is 3.46. The highest BCUT2D eigenvalue weighted by Gasteiger charge is 2.30. The number of alkyl halides is 3. The van der Waals surface area contributed by atoms with E-state index in [-0.39, 0.29) is 0 Å². The van der Waals surface area contributed by atoms with E-state index in [1.54, 1.807) is 19.1 Å². The molecule has 0 atom stereocenters. The summed E-state index contributed by atoms with van der Waals surface area (Å²) in [6, 6.07) is 8.18. The Morgan fingerprint density at radius 2 is 1.53 bits per heavy atom. The van der Waals surface area contributed by atoms with Gasteiger partial charge in [-0.2, -0.15) is 13.2 Å². The lowest BCUT2D eigenvalue weighted by Crippen LogP contribution is -2.04. The Morgan fingerprint density at radius 3 is 2.05 bits per heavy atom. The Kier molecular flexibility index (Phi) is 3.79. The van der Waals surface area contributed by atoms with Gasteiger partial charge in [-0.1, -0.05) is 35.3 Å². The summed E-state index contributed by atoms with van der Waals surface area (Å²) < 4.78 is 37.4. The number of hydrogen-bond acceptors (Lipinski definition) is 0. The summed E-state index contributed by atoms with van der Waals surface area (Å²) in [5.74, 6) is 0. The van der Waals surface area contributed by atoms with E-state index in [0.717, 1.165) is 17.7 Å². The zero-order valence-electron chi connectivity index (χ0n) is 9.85. The van der Waals surface area contributed by atoms with Crippen LogP contribution in [-0.4, -0.2) is 0 Å². The van der Waals surface area contributed by atoms with Gasteiger partial charge in [-0.25, -0.2) is 0 Å². The smallest absolute Gasteiger partial charge is 0.166 e. The third-order valence-electron chi connectivity index (χ3n) is 2.74. The second kappa shape index (κ2) is 5.06. The van der Waals surface area contributed by atoms with E-state index >= 15 is 0 Å². The van der Waals surface area contributed by atoms with Crippen LogP contribution in [0.4, 0.5) is 13.2 Å². The van der Waals surface area contributed by atoms with Crippen molar-refractivity contribution in [1.29, 1.82) is 0 Å². The molecule has 0 aliphatic heterocycles. The normalized spacial score (nSPS) is 11.7. The second-order valence-electron chi connectivity index (χ2n) is 4.16. The second-order valence-corrected chi connectivity index (χ2v) is 4.97. The van der Waals surface area contributed by atoms with Crippen molar-refractivity contribution in [2.24, 2.45) is 0 Å². The van der Waals surface area contributed by atoms with Crippen LogP contribution >= 0.6 is 23.2 Å². The van der Waals surface area contributed by atoms with Gasteiger partial charge in [-0.3, -0.25) is 0 Å². The quantitative estimate of drug-likeness (QED) is 0.607. The molecule has 0 saturated carbocycles. The molecule has 0 fully saturated rings. The van der Waals surface area contributed by atoms with Crippen LogP contribution in [0.3, 0.4) is 0 Å². The molecule has 100 valence electrons. The summed E-state index contributed by atoms with van der Waals surface area (Å²) in [7, 11) is 0. The molecule has 0 bridgehead atoms. The molecule has 2 aromatic carbocycles. The first-order valence-corrected chi connectivity index (χ1v) is 6.18. The monoisotopic (exact) mass is 304 g/mol. The molecule has 0 spiro atoms. The molecule has 2 rings (SSSR count). The number of hydrogen-bond donors (Lipinski definition) is 0. The first-order valence-electron chi connectivity index (χ1n) is 5.42. The Bertz CT molecular complexity index is 601. The zero-order valence-corrected chi connectivity index (χ0v) is 11.4. The van der Waals surface area contributed by atoms with Crippen molar-refractivity contribution in [3.63, 3.8) is 0 Å². The summed E-state index contributed by atoms with van der Waals surface area (Å²) in [5, 5.41) is 0.987. The fourth-order valence-corrected chi connectivity index (χ4v) is 2.27. The lowest BCUT2D eigenvalue weighted by atomic mass is 10.0. The number of halogens is 5. The third kappa shape index (κ3) is 3.04. The van der Waals surface area contributed by atoms with Crippen molar-refractivity contribution in [1.82, 2.24) is 0 Å². The summed E-state index contributed by atoms with van der Waals surface area (Å²) in [4.78, 5) is 0. The number of aryl methyl sites for hydroxylation is 1. The Hall–Kier alpha value is -1.19. The highest BCUT2D eigenvalue weighted by molar-refractivity contribution is 6.36. The van der Waals surface area contributed by atoms with Crippen molar-refractivity contribution in [2.75, 3.05) is 0 Å². The summed E-state index contributed by atoms with van der Waals surface area (Å²) in [6.45, 7) is 1.79. The van der Waals surface area contributed by atoms with Crippen LogP contribution in [0.2, 0.25) is 10.0 Å². The summed E-state index contributed by atoms with van der Waals surface area (Å²) in [6.07, 6.45) is -4.34. The van der Waals surface area contributed by atoms with Crippen LogP contribution in [0.5, 0.6) is 0 Å². The van der Waals surface area contributed by atoms with Gasteiger partial charge in [0.05, 0.1) is 10.6 Å². The van der Waals surface area contributed by atoms with Gasteiger partial charge in [0.2, 0.25) is 0 Å². The minimum atomic E-state index is -4.34. The topological polar surface area (TPSA) is 0 Å². The van der Waals surface area contributed by atoms with E-state index in [0.29, 0.717) is 21.2 Å². The predicted molar refractivity (Wildman–Crippen MR) is 71.6 cm³/mol. The number of rotatable bonds is 1. The van der Waals surface area contributed by atoms with E-state index in [1.807, 2.05) is 0 Å². The summed E-state index contributed by atoms with van der Waals surface area (Å²) in [5.41, 5.74) is 1.32. The number of benzene rings is 2. The molecule has 0 aliphatic rings. The molecule has 0 heterocycles. The molecule has 0 radical (unpaired) electrons. The fourth-order valence-electron chi connectivity index (χ4n) is 1.77. The highest BCUT2D eigenvalue weighted by atomic mass is 35.5. The molecule has 0 saturated heterocycles. The maximum absolute atomic E-state index is 12.5. The van der Waals surface area contributed by atoms with Gasteiger partial charge >= 0.3 is 6.18 Å².